The first kappa shape index (κ1) is 25.1. The van der Waals surface area contributed by atoms with Gasteiger partial charge in [0.05, 0.1) is 5.92 Å². The molecule has 0 bridgehead atoms. The molecular formula is C25H32N2O5. The van der Waals surface area contributed by atoms with Gasteiger partial charge in [-0.25, -0.2) is 4.79 Å². The first-order valence-electron chi connectivity index (χ1n) is 10.7. The molecule has 2 aromatic rings. The van der Waals surface area contributed by atoms with Crippen LogP contribution in [0.4, 0.5) is 5.69 Å². The van der Waals surface area contributed by atoms with Crippen LogP contribution in [0.5, 0.6) is 0 Å². The van der Waals surface area contributed by atoms with E-state index in [1.165, 1.54) is 0 Å². The monoisotopic (exact) mass is 440 g/mol. The van der Waals surface area contributed by atoms with Crippen LogP contribution in [-0.4, -0.2) is 40.1 Å². The molecule has 0 spiro atoms. The van der Waals surface area contributed by atoms with Gasteiger partial charge in [-0.2, -0.15) is 0 Å². The van der Waals surface area contributed by atoms with Crippen LogP contribution in [0.3, 0.4) is 0 Å². The number of rotatable bonds is 10. The van der Waals surface area contributed by atoms with Crippen molar-refractivity contribution in [1.82, 2.24) is 5.32 Å². The maximum atomic E-state index is 13.0. The average molecular weight is 441 g/mol. The number of nitrogens with one attached hydrogen (secondary N) is 2. The van der Waals surface area contributed by atoms with Crippen LogP contribution in [0.1, 0.15) is 39.2 Å². The molecule has 0 saturated heterocycles. The second kappa shape index (κ2) is 11.4. The largest absolute Gasteiger partial charge is 0.479 e. The van der Waals surface area contributed by atoms with Crippen molar-refractivity contribution in [3.05, 3.63) is 66.2 Å². The Balaban J connectivity index is 2.12. The zero-order valence-corrected chi connectivity index (χ0v) is 18.7. The van der Waals surface area contributed by atoms with Gasteiger partial charge in [-0.15, -0.1) is 0 Å². The van der Waals surface area contributed by atoms with Gasteiger partial charge in [0.2, 0.25) is 11.8 Å². The molecule has 0 radical (unpaired) electrons. The van der Waals surface area contributed by atoms with Crippen LogP contribution in [0.15, 0.2) is 60.7 Å². The number of hydrogen-bond acceptors (Lipinski definition) is 4. The highest BCUT2D eigenvalue weighted by Gasteiger charge is 2.38. The molecule has 32 heavy (non-hydrogen) atoms. The summed E-state index contributed by atoms with van der Waals surface area (Å²) < 4.78 is 0. The first-order chi connectivity index (χ1) is 15.1. The highest BCUT2D eigenvalue weighted by Crippen LogP contribution is 2.23. The van der Waals surface area contributed by atoms with E-state index in [1.54, 1.807) is 45.0 Å². The molecule has 2 amide bonds. The van der Waals surface area contributed by atoms with Crippen LogP contribution in [0.2, 0.25) is 0 Å². The topological polar surface area (TPSA) is 116 Å². The van der Waals surface area contributed by atoms with E-state index in [1.807, 2.05) is 36.4 Å². The molecule has 0 heterocycles. The summed E-state index contributed by atoms with van der Waals surface area (Å²) in [5.74, 6) is -3.71. The highest BCUT2D eigenvalue weighted by atomic mass is 16.4. The van der Waals surface area contributed by atoms with Gasteiger partial charge in [-0.3, -0.25) is 9.59 Å². The molecule has 7 nitrogen and oxygen atoms in total. The van der Waals surface area contributed by atoms with Gasteiger partial charge in [0.15, 0.2) is 6.10 Å². The number of aliphatic hydroxyl groups excluding tert-OH is 1. The number of amides is 2. The van der Waals surface area contributed by atoms with Crippen molar-refractivity contribution in [2.24, 2.45) is 11.3 Å². The fourth-order valence-electron chi connectivity index (χ4n) is 3.44. The number of carboxylic acids is 1. The SMILES string of the molecule is CC(C)(C)[C@H](NC(=O)[C@H](CCCc1ccccc1)[C@H](O)C(=O)O)C(=O)Nc1ccccc1. The minimum absolute atomic E-state index is 0.172. The predicted octanol–water partition coefficient (Wildman–Crippen LogP) is 3.24. The number of aliphatic carboxylic acids is 1. The van der Waals surface area contributed by atoms with E-state index >= 15 is 0 Å². The summed E-state index contributed by atoms with van der Waals surface area (Å²) in [6.07, 6.45) is -0.522. The molecular weight excluding hydrogens is 408 g/mol. The lowest BCUT2D eigenvalue weighted by Crippen LogP contribution is -2.54. The highest BCUT2D eigenvalue weighted by molar-refractivity contribution is 5.98. The minimum Gasteiger partial charge on any atom is -0.479 e. The second-order valence-electron chi connectivity index (χ2n) is 8.93. The molecule has 0 aliphatic rings. The van der Waals surface area contributed by atoms with Crippen molar-refractivity contribution in [2.45, 2.75) is 52.2 Å². The standard InChI is InChI=1S/C25H32N2O5/c1-25(2,3)21(23(30)26-18-14-8-5-9-15-18)27-22(29)19(20(28)24(31)32)16-10-13-17-11-6-4-7-12-17/h4-9,11-12,14-15,19-21,28H,10,13,16H2,1-3H3,(H,26,30)(H,27,29)(H,31,32)/t19-,20+,21-/m1/s1. The summed E-state index contributed by atoms with van der Waals surface area (Å²) in [7, 11) is 0. The number of aliphatic hydroxyl groups is 1. The quantitative estimate of drug-likeness (QED) is 0.453. The molecule has 172 valence electrons. The van der Waals surface area contributed by atoms with Gasteiger partial charge in [0.1, 0.15) is 6.04 Å². The van der Waals surface area contributed by atoms with E-state index in [0.29, 0.717) is 18.5 Å². The normalized spacial score (nSPS) is 14.1. The van der Waals surface area contributed by atoms with Crippen LogP contribution >= 0.6 is 0 Å². The number of carbonyl (C=O) groups excluding carboxylic acids is 2. The molecule has 2 rings (SSSR count). The zero-order chi connectivity index (χ0) is 23.7. The lowest BCUT2D eigenvalue weighted by molar-refractivity contribution is -0.154. The van der Waals surface area contributed by atoms with Gasteiger partial charge >= 0.3 is 5.97 Å². The Hall–Kier alpha value is -3.19. The van der Waals surface area contributed by atoms with Crippen LogP contribution in [0, 0.1) is 11.3 Å². The molecule has 4 N–H and O–H groups in total. The molecule has 3 atom stereocenters. The number of anilines is 1. The summed E-state index contributed by atoms with van der Waals surface area (Å²) in [6, 6.07) is 17.6. The smallest absolute Gasteiger partial charge is 0.333 e. The van der Waals surface area contributed by atoms with Crippen molar-refractivity contribution in [1.29, 1.82) is 0 Å². The van der Waals surface area contributed by atoms with Crippen molar-refractivity contribution in [3.63, 3.8) is 0 Å². The van der Waals surface area contributed by atoms with Crippen molar-refractivity contribution < 1.29 is 24.6 Å². The maximum Gasteiger partial charge on any atom is 0.333 e. The van der Waals surface area contributed by atoms with E-state index in [0.717, 1.165) is 5.56 Å². The average Bonchev–Trinajstić information content (AvgIpc) is 2.75. The minimum atomic E-state index is -1.86. The summed E-state index contributed by atoms with van der Waals surface area (Å²) in [5, 5.41) is 25.0. The van der Waals surface area contributed by atoms with E-state index in [2.05, 4.69) is 10.6 Å². The number of benzene rings is 2. The van der Waals surface area contributed by atoms with Crippen LogP contribution in [-0.2, 0) is 20.8 Å². The predicted molar refractivity (Wildman–Crippen MR) is 123 cm³/mol. The van der Waals surface area contributed by atoms with Gasteiger partial charge in [-0.1, -0.05) is 69.3 Å². The Kier molecular flexibility index (Phi) is 8.96. The number of carbonyl (C=O) groups is 3. The van der Waals surface area contributed by atoms with E-state index in [4.69, 9.17) is 0 Å². The van der Waals surface area contributed by atoms with E-state index < -0.39 is 41.3 Å². The lowest BCUT2D eigenvalue weighted by Gasteiger charge is -2.32. The van der Waals surface area contributed by atoms with Gasteiger partial charge in [-0.05, 0) is 42.4 Å². The molecule has 7 heteroatoms. The van der Waals surface area contributed by atoms with Gasteiger partial charge in [0, 0.05) is 5.69 Å². The number of para-hydroxylation sites is 1. The van der Waals surface area contributed by atoms with E-state index in [9.17, 15) is 24.6 Å². The van der Waals surface area contributed by atoms with Crippen molar-refractivity contribution in [3.8, 4) is 0 Å². The Morgan fingerprint density at radius 2 is 1.47 bits per heavy atom. The molecule has 0 aliphatic carbocycles. The zero-order valence-electron chi connectivity index (χ0n) is 18.7. The molecule has 0 unspecified atom stereocenters. The molecule has 0 aliphatic heterocycles. The first-order valence-corrected chi connectivity index (χ1v) is 10.7. The summed E-state index contributed by atoms with van der Waals surface area (Å²) in [6.45, 7) is 5.42. The fraction of sp³-hybridized carbons (Fsp3) is 0.400. The Bertz CT molecular complexity index is 894. The Labute approximate surface area is 188 Å². The summed E-state index contributed by atoms with van der Waals surface area (Å²) in [5.41, 5.74) is 1.01. The van der Waals surface area contributed by atoms with Crippen LogP contribution in [0.25, 0.3) is 0 Å². The van der Waals surface area contributed by atoms with Crippen molar-refractivity contribution >= 4 is 23.5 Å². The van der Waals surface area contributed by atoms with Crippen molar-refractivity contribution in [2.75, 3.05) is 5.32 Å². The molecule has 0 fully saturated rings. The molecule has 0 saturated carbocycles. The number of hydrogen-bond donors (Lipinski definition) is 4. The maximum absolute atomic E-state index is 13.0. The second-order valence-corrected chi connectivity index (χ2v) is 8.93. The fourth-order valence-corrected chi connectivity index (χ4v) is 3.44. The Morgan fingerprint density at radius 1 is 0.906 bits per heavy atom. The van der Waals surface area contributed by atoms with Crippen LogP contribution < -0.4 is 10.6 Å². The van der Waals surface area contributed by atoms with Gasteiger partial charge in [0.25, 0.3) is 0 Å². The summed E-state index contributed by atoms with van der Waals surface area (Å²) in [4.78, 5) is 37.4. The summed E-state index contributed by atoms with van der Waals surface area (Å²) >= 11 is 0. The van der Waals surface area contributed by atoms with Gasteiger partial charge < -0.3 is 20.8 Å². The third-order valence-electron chi connectivity index (χ3n) is 5.25. The number of carboxylic acid groups (broad SMARTS) is 1. The Morgan fingerprint density at radius 3 is 2.00 bits per heavy atom. The third kappa shape index (κ3) is 7.50. The lowest BCUT2D eigenvalue weighted by atomic mass is 9.85. The number of aryl methyl sites for hydroxylation is 1. The molecule has 0 aromatic heterocycles. The molecule has 2 aromatic carbocycles. The third-order valence-corrected chi connectivity index (χ3v) is 5.25. The van der Waals surface area contributed by atoms with E-state index in [-0.39, 0.29) is 6.42 Å².